The summed E-state index contributed by atoms with van der Waals surface area (Å²) in [4.78, 5) is 4.07. The van der Waals surface area contributed by atoms with E-state index in [0.717, 1.165) is 18.9 Å². The van der Waals surface area contributed by atoms with Gasteiger partial charge in [-0.3, -0.25) is 4.99 Å². The number of aliphatic hydroxyl groups is 1. The third-order valence-electron chi connectivity index (χ3n) is 1.09. The standard InChI is InChI=1S/C5H10N2O/c8-4-1-5-6-2-3-7-5/h8H,1-4H2,(H,6,7). The van der Waals surface area contributed by atoms with Crippen LogP contribution in [0.1, 0.15) is 6.42 Å². The number of hydrogen-bond donors (Lipinski definition) is 2. The zero-order valence-electron chi connectivity index (χ0n) is 4.72. The van der Waals surface area contributed by atoms with Gasteiger partial charge in [0, 0.05) is 13.0 Å². The monoisotopic (exact) mass is 114 g/mol. The van der Waals surface area contributed by atoms with Crippen molar-refractivity contribution in [1.29, 1.82) is 0 Å². The first kappa shape index (κ1) is 5.56. The van der Waals surface area contributed by atoms with Crippen LogP contribution in [0.4, 0.5) is 0 Å². The minimum Gasteiger partial charge on any atom is -0.396 e. The molecular weight excluding hydrogens is 104 g/mol. The van der Waals surface area contributed by atoms with Crippen molar-refractivity contribution in [3.8, 4) is 0 Å². The lowest BCUT2D eigenvalue weighted by molar-refractivity contribution is 0.306. The van der Waals surface area contributed by atoms with Gasteiger partial charge < -0.3 is 10.4 Å². The first-order chi connectivity index (χ1) is 3.93. The maximum Gasteiger partial charge on any atom is 0.0987 e. The van der Waals surface area contributed by atoms with Crippen molar-refractivity contribution in [2.45, 2.75) is 6.42 Å². The molecule has 0 spiro atoms. The fraction of sp³-hybridized carbons (Fsp3) is 0.800. The van der Waals surface area contributed by atoms with Crippen LogP contribution < -0.4 is 5.32 Å². The molecular formula is C5H10N2O. The molecule has 0 aliphatic carbocycles. The Labute approximate surface area is 48.4 Å². The Morgan fingerprint density at radius 3 is 3.12 bits per heavy atom. The number of nitrogens with zero attached hydrogens (tertiary/aromatic N) is 1. The summed E-state index contributed by atoms with van der Waals surface area (Å²) in [5, 5.41) is 11.5. The highest BCUT2D eigenvalue weighted by Crippen LogP contribution is 1.88. The third-order valence-corrected chi connectivity index (χ3v) is 1.09. The van der Waals surface area contributed by atoms with Gasteiger partial charge >= 0.3 is 0 Å². The van der Waals surface area contributed by atoms with Crippen molar-refractivity contribution in [3.63, 3.8) is 0 Å². The van der Waals surface area contributed by atoms with Gasteiger partial charge in [-0.15, -0.1) is 0 Å². The molecule has 0 radical (unpaired) electrons. The number of aliphatic hydroxyl groups excluding tert-OH is 1. The maximum absolute atomic E-state index is 8.41. The first-order valence-electron chi connectivity index (χ1n) is 2.81. The van der Waals surface area contributed by atoms with Crippen molar-refractivity contribution in [3.05, 3.63) is 0 Å². The molecule has 3 nitrogen and oxygen atoms in total. The molecule has 0 saturated carbocycles. The Bertz CT molecular complexity index is 101. The van der Waals surface area contributed by atoms with E-state index in [-0.39, 0.29) is 6.61 Å². The average molecular weight is 114 g/mol. The summed E-state index contributed by atoms with van der Waals surface area (Å²) in [5.41, 5.74) is 0. The van der Waals surface area contributed by atoms with Gasteiger partial charge in [0.25, 0.3) is 0 Å². The fourth-order valence-corrected chi connectivity index (χ4v) is 0.720. The molecule has 0 unspecified atom stereocenters. The minimum atomic E-state index is 0.200. The van der Waals surface area contributed by atoms with Crippen LogP contribution in [0, 0.1) is 0 Å². The molecule has 3 heteroatoms. The van der Waals surface area contributed by atoms with Crippen LogP contribution in [0.3, 0.4) is 0 Å². The Morgan fingerprint density at radius 2 is 2.62 bits per heavy atom. The second-order valence-corrected chi connectivity index (χ2v) is 1.73. The van der Waals surface area contributed by atoms with E-state index < -0.39 is 0 Å². The summed E-state index contributed by atoms with van der Waals surface area (Å²) in [6.07, 6.45) is 0.681. The third kappa shape index (κ3) is 1.20. The molecule has 0 aromatic carbocycles. The van der Waals surface area contributed by atoms with Crippen molar-refractivity contribution < 1.29 is 5.11 Å². The minimum absolute atomic E-state index is 0.200. The second kappa shape index (κ2) is 2.67. The summed E-state index contributed by atoms with van der Waals surface area (Å²) >= 11 is 0. The number of hydrogen-bond acceptors (Lipinski definition) is 3. The highest BCUT2D eigenvalue weighted by atomic mass is 16.3. The lowest BCUT2D eigenvalue weighted by atomic mass is 10.4. The van der Waals surface area contributed by atoms with E-state index in [4.69, 9.17) is 5.11 Å². The first-order valence-corrected chi connectivity index (χ1v) is 2.81. The number of rotatable bonds is 2. The SMILES string of the molecule is OCCC1=NCCN1. The summed E-state index contributed by atoms with van der Waals surface area (Å²) in [6, 6.07) is 0. The molecule has 0 aromatic heterocycles. The van der Waals surface area contributed by atoms with Crippen LogP contribution in [0.15, 0.2) is 4.99 Å². The number of nitrogens with one attached hydrogen (secondary N) is 1. The van der Waals surface area contributed by atoms with E-state index in [1.165, 1.54) is 0 Å². The quantitative estimate of drug-likeness (QED) is 0.502. The molecule has 0 atom stereocenters. The van der Waals surface area contributed by atoms with Gasteiger partial charge in [0.05, 0.1) is 19.0 Å². The van der Waals surface area contributed by atoms with Crippen LogP contribution in [0.25, 0.3) is 0 Å². The summed E-state index contributed by atoms with van der Waals surface area (Å²) in [7, 11) is 0. The van der Waals surface area contributed by atoms with Gasteiger partial charge in [-0.1, -0.05) is 0 Å². The Hall–Kier alpha value is -0.570. The van der Waals surface area contributed by atoms with Gasteiger partial charge in [-0.2, -0.15) is 0 Å². The van der Waals surface area contributed by atoms with E-state index in [1.807, 2.05) is 0 Å². The van der Waals surface area contributed by atoms with Crippen LogP contribution in [0.2, 0.25) is 0 Å². The van der Waals surface area contributed by atoms with E-state index >= 15 is 0 Å². The van der Waals surface area contributed by atoms with Crippen molar-refractivity contribution in [1.82, 2.24) is 5.32 Å². The molecule has 46 valence electrons. The van der Waals surface area contributed by atoms with Crippen molar-refractivity contribution in [2.75, 3.05) is 19.7 Å². The van der Waals surface area contributed by atoms with Crippen LogP contribution in [-0.2, 0) is 0 Å². The predicted octanol–water partition coefficient (Wildman–Crippen LogP) is -0.630. The van der Waals surface area contributed by atoms with Crippen molar-refractivity contribution in [2.24, 2.45) is 4.99 Å². The van der Waals surface area contributed by atoms with E-state index in [1.54, 1.807) is 0 Å². The summed E-state index contributed by atoms with van der Waals surface area (Å²) in [5.74, 6) is 0.951. The maximum atomic E-state index is 8.41. The van der Waals surface area contributed by atoms with Gasteiger partial charge in [0.1, 0.15) is 0 Å². The average Bonchev–Trinajstić information content (AvgIpc) is 2.19. The largest absolute Gasteiger partial charge is 0.396 e. The molecule has 0 bridgehead atoms. The summed E-state index contributed by atoms with van der Waals surface area (Å²) < 4.78 is 0. The normalized spacial score (nSPS) is 17.9. The highest BCUT2D eigenvalue weighted by molar-refractivity contribution is 5.83. The lowest BCUT2D eigenvalue weighted by Crippen LogP contribution is -2.19. The van der Waals surface area contributed by atoms with E-state index in [2.05, 4.69) is 10.3 Å². The molecule has 0 aromatic rings. The Balaban J connectivity index is 2.23. The molecule has 8 heavy (non-hydrogen) atoms. The Kier molecular flexibility index (Phi) is 1.86. The Morgan fingerprint density at radius 1 is 1.75 bits per heavy atom. The van der Waals surface area contributed by atoms with E-state index in [0.29, 0.717) is 6.42 Å². The van der Waals surface area contributed by atoms with Crippen LogP contribution >= 0.6 is 0 Å². The molecule has 0 saturated heterocycles. The van der Waals surface area contributed by atoms with Crippen LogP contribution in [0.5, 0.6) is 0 Å². The highest BCUT2D eigenvalue weighted by Gasteiger charge is 2.01. The molecule has 1 heterocycles. The zero-order valence-corrected chi connectivity index (χ0v) is 4.72. The van der Waals surface area contributed by atoms with E-state index in [9.17, 15) is 0 Å². The smallest absolute Gasteiger partial charge is 0.0987 e. The fourth-order valence-electron chi connectivity index (χ4n) is 0.720. The van der Waals surface area contributed by atoms with Gasteiger partial charge in [0.15, 0.2) is 0 Å². The van der Waals surface area contributed by atoms with Crippen molar-refractivity contribution >= 4 is 5.84 Å². The van der Waals surface area contributed by atoms with Crippen LogP contribution in [-0.4, -0.2) is 30.6 Å². The second-order valence-electron chi connectivity index (χ2n) is 1.73. The summed E-state index contributed by atoms with van der Waals surface area (Å²) in [6.45, 7) is 2.01. The van der Waals surface area contributed by atoms with Gasteiger partial charge in [-0.25, -0.2) is 0 Å². The predicted molar refractivity (Wildman–Crippen MR) is 32.0 cm³/mol. The number of aliphatic imine (C=N–C) groups is 1. The van der Waals surface area contributed by atoms with Gasteiger partial charge in [-0.05, 0) is 0 Å². The zero-order chi connectivity index (χ0) is 5.82. The van der Waals surface area contributed by atoms with Gasteiger partial charge in [0.2, 0.25) is 0 Å². The molecule has 1 aliphatic rings. The molecule has 1 rings (SSSR count). The topological polar surface area (TPSA) is 44.6 Å². The molecule has 0 amide bonds. The number of amidine groups is 1. The lowest BCUT2D eigenvalue weighted by Gasteiger charge is -1.95. The molecule has 0 fully saturated rings. The molecule has 2 N–H and O–H groups in total. The molecule has 1 aliphatic heterocycles.